The number of rotatable bonds is 6. The molecule has 2 rings (SSSR count). The molecule has 1 aromatic rings. The molecule has 1 fully saturated rings. The fourth-order valence-corrected chi connectivity index (χ4v) is 3.08. The van der Waals surface area contributed by atoms with E-state index in [-0.39, 0.29) is 11.6 Å². The first-order valence-corrected chi connectivity index (χ1v) is 8.94. The molecule has 1 aromatic carbocycles. The maximum Gasteiger partial charge on any atom is 0.338 e. The van der Waals surface area contributed by atoms with Crippen molar-refractivity contribution in [3.63, 3.8) is 0 Å². The zero-order valence-electron chi connectivity index (χ0n) is 15.9. The molecule has 8 nitrogen and oxygen atoms in total. The third-order valence-corrected chi connectivity index (χ3v) is 4.63. The second-order valence-electron chi connectivity index (χ2n) is 6.54. The summed E-state index contributed by atoms with van der Waals surface area (Å²) in [6.07, 6.45) is 4.18. The van der Waals surface area contributed by atoms with Crippen molar-refractivity contribution >= 4 is 17.9 Å². The standard InChI is InChI=1S/C19H26N2O6/c1-12-6-4-5-7-14(12)20-19(24)21-17(22)11-27-18(23)13-8-9-15(25-2)16(10-13)26-3/h8-10,12,14H,4-7,11H2,1-3H3,(H2,20,21,22,24)/t12-,14-/m1/s1. The maximum absolute atomic E-state index is 12.1. The maximum atomic E-state index is 12.1. The predicted octanol–water partition coefficient (Wildman–Crippen LogP) is 2.27. The monoisotopic (exact) mass is 378 g/mol. The van der Waals surface area contributed by atoms with Gasteiger partial charge in [-0.05, 0) is 37.0 Å². The summed E-state index contributed by atoms with van der Waals surface area (Å²) in [4.78, 5) is 35.8. The van der Waals surface area contributed by atoms with Crippen LogP contribution < -0.4 is 20.1 Å². The van der Waals surface area contributed by atoms with Crippen LogP contribution in [0.4, 0.5) is 4.79 Å². The van der Waals surface area contributed by atoms with Crippen molar-refractivity contribution in [3.8, 4) is 11.5 Å². The minimum Gasteiger partial charge on any atom is -0.493 e. The van der Waals surface area contributed by atoms with Crippen molar-refractivity contribution < 1.29 is 28.6 Å². The van der Waals surface area contributed by atoms with Gasteiger partial charge in [0.2, 0.25) is 0 Å². The molecular formula is C19H26N2O6. The van der Waals surface area contributed by atoms with Gasteiger partial charge in [0, 0.05) is 6.04 Å². The summed E-state index contributed by atoms with van der Waals surface area (Å²) in [7, 11) is 2.94. The van der Waals surface area contributed by atoms with Crippen LogP contribution in [-0.4, -0.2) is 44.8 Å². The van der Waals surface area contributed by atoms with Gasteiger partial charge in [0.25, 0.3) is 5.91 Å². The minimum atomic E-state index is -0.701. The van der Waals surface area contributed by atoms with Crippen molar-refractivity contribution in [1.82, 2.24) is 10.6 Å². The van der Waals surface area contributed by atoms with Crippen LogP contribution in [0.25, 0.3) is 0 Å². The molecule has 2 N–H and O–H groups in total. The lowest BCUT2D eigenvalue weighted by molar-refractivity contribution is -0.123. The highest BCUT2D eigenvalue weighted by atomic mass is 16.5. The Morgan fingerprint density at radius 2 is 1.78 bits per heavy atom. The number of carbonyl (C=O) groups excluding carboxylic acids is 3. The molecule has 1 saturated carbocycles. The molecule has 0 bridgehead atoms. The van der Waals surface area contributed by atoms with Gasteiger partial charge in [-0.2, -0.15) is 0 Å². The number of carbonyl (C=O) groups is 3. The van der Waals surface area contributed by atoms with Crippen LogP contribution in [0.2, 0.25) is 0 Å². The molecule has 0 spiro atoms. The lowest BCUT2D eigenvalue weighted by atomic mass is 9.86. The summed E-state index contributed by atoms with van der Waals surface area (Å²) in [5, 5.41) is 4.99. The highest BCUT2D eigenvalue weighted by Crippen LogP contribution is 2.27. The van der Waals surface area contributed by atoms with E-state index >= 15 is 0 Å². The number of hydrogen-bond donors (Lipinski definition) is 2. The molecule has 0 aromatic heterocycles. The van der Waals surface area contributed by atoms with Crippen LogP contribution in [0.15, 0.2) is 18.2 Å². The van der Waals surface area contributed by atoms with E-state index in [2.05, 4.69) is 17.6 Å². The summed E-state index contributed by atoms with van der Waals surface area (Å²) in [5.41, 5.74) is 0.209. The number of ether oxygens (including phenoxy) is 3. The van der Waals surface area contributed by atoms with Crippen LogP contribution in [0.5, 0.6) is 11.5 Å². The van der Waals surface area contributed by atoms with Crippen LogP contribution in [0.1, 0.15) is 43.0 Å². The van der Waals surface area contributed by atoms with E-state index in [1.54, 1.807) is 6.07 Å². The number of imide groups is 1. The second kappa shape index (κ2) is 9.80. The Balaban J connectivity index is 1.80. The first-order chi connectivity index (χ1) is 12.9. The number of urea groups is 1. The third-order valence-electron chi connectivity index (χ3n) is 4.63. The quantitative estimate of drug-likeness (QED) is 0.736. The molecule has 2 atom stereocenters. The van der Waals surface area contributed by atoms with Gasteiger partial charge >= 0.3 is 12.0 Å². The molecule has 27 heavy (non-hydrogen) atoms. The third kappa shape index (κ3) is 5.87. The number of esters is 1. The molecule has 1 aliphatic rings. The normalized spacial score (nSPS) is 18.9. The molecule has 0 aliphatic heterocycles. The average molecular weight is 378 g/mol. The van der Waals surface area contributed by atoms with E-state index in [4.69, 9.17) is 14.2 Å². The number of benzene rings is 1. The van der Waals surface area contributed by atoms with Crippen LogP contribution in [-0.2, 0) is 9.53 Å². The summed E-state index contributed by atoms with van der Waals surface area (Å²) >= 11 is 0. The highest BCUT2D eigenvalue weighted by molar-refractivity contribution is 5.97. The summed E-state index contributed by atoms with van der Waals surface area (Å²) < 4.78 is 15.2. The van der Waals surface area contributed by atoms with Gasteiger partial charge in [-0.3, -0.25) is 10.1 Å². The van der Waals surface area contributed by atoms with Gasteiger partial charge in [-0.25, -0.2) is 9.59 Å². The van der Waals surface area contributed by atoms with E-state index in [9.17, 15) is 14.4 Å². The average Bonchev–Trinajstić information content (AvgIpc) is 2.67. The van der Waals surface area contributed by atoms with Gasteiger partial charge < -0.3 is 19.5 Å². The Bertz CT molecular complexity index is 691. The molecule has 1 aliphatic carbocycles. The molecule has 0 saturated heterocycles. The summed E-state index contributed by atoms with van der Waals surface area (Å²) in [6.45, 7) is 1.53. The lowest BCUT2D eigenvalue weighted by Gasteiger charge is -2.29. The lowest BCUT2D eigenvalue weighted by Crippen LogP contribution is -2.48. The Labute approximate surface area is 158 Å². The van der Waals surface area contributed by atoms with Crippen LogP contribution in [0.3, 0.4) is 0 Å². The molecule has 148 valence electrons. The summed E-state index contributed by atoms with van der Waals surface area (Å²) in [6, 6.07) is 4.00. The Kier molecular flexibility index (Phi) is 7.45. The van der Waals surface area contributed by atoms with Gasteiger partial charge in [0.15, 0.2) is 18.1 Å². The van der Waals surface area contributed by atoms with Gasteiger partial charge in [-0.1, -0.05) is 19.8 Å². The Hall–Kier alpha value is -2.77. The summed E-state index contributed by atoms with van der Waals surface area (Å²) in [5.74, 6) is -0.169. The molecule has 0 radical (unpaired) electrons. The number of hydrogen-bond acceptors (Lipinski definition) is 6. The van der Waals surface area contributed by atoms with E-state index in [1.165, 1.54) is 26.4 Å². The first kappa shape index (κ1) is 20.5. The van der Waals surface area contributed by atoms with Crippen molar-refractivity contribution in [2.45, 2.75) is 38.6 Å². The number of nitrogens with one attached hydrogen (secondary N) is 2. The Morgan fingerprint density at radius 1 is 1.07 bits per heavy atom. The van der Waals surface area contributed by atoms with E-state index in [0.717, 1.165) is 25.7 Å². The van der Waals surface area contributed by atoms with E-state index < -0.39 is 24.5 Å². The highest BCUT2D eigenvalue weighted by Gasteiger charge is 2.23. The fourth-order valence-electron chi connectivity index (χ4n) is 3.08. The van der Waals surface area contributed by atoms with Crippen LogP contribution in [0, 0.1) is 5.92 Å². The second-order valence-corrected chi connectivity index (χ2v) is 6.54. The Morgan fingerprint density at radius 3 is 2.44 bits per heavy atom. The van der Waals surface area contributed by atoms with Gasteiger partial charge in [0.1, 0.15) is 0 Å². The first-order valence-electron chi connectivity index (χ1n) is 8.94. The SMILES string of the molecule is COc1ccc(C(=O)OCC(=O)NC(=O)N[C@@H]2CCCC[C@H]2C)cc1OC. The zero-order valence-corrected chi connectivity index (χ0v) is 15.9. The zero-order chi connectivity index (χ0) is 19.8. The molecular weight excluding hydrogens is 352 g/mol. The van der Waals surface area contributed by atoms with Crippen molar-refractivity contribution in [1.29, 1.82) is 0 Å². The molecule has 0 unspecified atom stereocenters. The topological polar surface area (TPSA) is 103 Å². The predicted molar refractivity (Wildman–Crippen MR) is 97.9 cm³/mol. The molecule has 8 heteroatoms. The van der Waals surface area contributed by atoms with E-state index in [1.807, 2.05) is 0 Å². The van der Waals surface area contributed by atoms with Crippen molar-refractivity contribution in [2.75, 3.05) is 20.8 Å². The number of methoxy groups -OCH3 is 2. The fraction of sp³-hybridized carbons (Fsp3) is 0.526. The van der Waals surface area contributed by atoms with Gasteiger partial charge in [-0.15, -0.1) is 0 Å². The largest absolute Gasteiger partial charge is 0.493 e. The van der Waals surface area contributed by atoms with Crippen molar-refractivity contribution in [2.24, 2.45) is 5.92 Å². The molecule has 3 amide bonds. The van der Waals surface area contributed by atoms with Gasteiger partial charge in [0.05, 0.1) is 19.8 Å². The van der Waals surface area contributed by atoms with Crippen molar-refractivity contribution in [3.05, 3.63) is 23.8 Å². The van der Waals surface area contributed by atoms with E-state index in [0.29, 0.717) is 17.4 Å². The minimum absolute atomic E-state index is 0.0564. The molecule has 0 heterocycles. The van der Waals surface area contributed by atoms with Crippen LogP contribution >= 0.6 is 0 Å². The smallest absolute Gasteiger partial charge is 0.338 e. The number of amides is 3.